The van der Waals surface area contributed by atoms with Crippen LogP contribution in [0.1, 0.15) is 25.0 Å². The molecule has 0 saturated carbocycles. The summed E-state index contributed by atoms with van der Waals surface area (Å²) in [5.74, 6) is 1.74. The van der Waals surface area contributed by atoms with E-state index in [4.69, 9.17) is 0 Å². The van der Waals surface area contributed by atoms with E-state index < -0.39 is 0 Å². The number of hydrogen-bond acceptors (Lipinski definition) is 2. The Kier molecular flexibility index (Phi) is 3.43. The highest BCUT2D eigenvalue weighted by atomic mass is 15.2. The van der Waals surface area contributed by atoms with Crippen molar-refractivity contribution in [3.63, 3.8) is 0 Å². The number of nitrogens with zero attached hydrogens (tertiary/aromatic N) is 2. The van der Waals surface area contributed by atoms with Gasteiger partial charge in [0, 0.05) is 6.42 Å². The number of nitrogens with one attached hydrogen (secondary N) is 1. The summed E-state index contributed by atoms with van der Waals surface area (Å²) >= 11 is 0. The molecule has 1 rings (SSSR count). The molecule has 1 aromatic heterocycles. The molecule has 13 heavy (non-hydrogen) atoms. The third kappa shape index (κ3) is 2.86. The summed E-state index contributed by atoms with van der Waals surface area (Å²) in [5.41, 5.74) is 1.24. The Morgan fingerprint density at radius 2 is 2.38 bits per heavy atom. The predicted molar refractivity (Wildman–Crippen MR) is 53.4 cm³/mol. The first-order valence-corrected chi connectivity index (χ1v) is 4.41. The number of rotatable bonds is 4. The molecule has 70 valence electrons. The van der Waals surface area contributed by atoms with Gasteiger partial charge in [0.2, 0.25) is 0 Å². The zero-order valence-electron chi connectivity index (χ0n) is 8.17. The van der Waals surface area contributed by atoms with Crippen molar-refractivity contribution >= 4 is 0 Å². The van der Waals surface area contributed by atoms with E-state index in [1.807, 2.05) is 19.9 Å². The van der Waals surface area contributed by atoms with E-state index in [0.29, 0.717) is 0 Å². The molecule has 1 N–H and O–H groups in total. The lowest BCUT2D eigenvalue weighted by atomic mass is 10.1. The van der Waals surface area contributed by atoms with Gasteiger partial charge >= 0.3 is 0 Å². The van der Waals surface area contributed by atoms with Crippen molar-refractivity contribution in [2.45, 2.75) is 26.7 Å². The maximum atomic E-state index is 4.22. The molecule has 0 spiro atoms. The smallest absolute Gasteiger partial charge is 0.151 e. The molecule has 0 saturated heterocycles. The van der Waals surface area contributed by atoms with Crippen LogP contribution in [0.3, 0.4) is 0 Å². The molecule has 0 radical (unpaired) electrons. The van der Waals surface area contributed by atoms with E-state index in [9.17, 15) is 0 Å². The van der Waals surface area contributed by atoms with Crippen LogP contribution < -0.4 is 0 Å². The van der Waals surface area contributed by atoms with E-state index in [-0.39, 0.29) is 0 Å². The fraction of sp³-hybridized carbons (Fsp3) is 0.400. The third-order valence-corrected chi connectivity index (χ3v) is 1.91. The molecule has 0 aliphatic rings. The highest BCUT2D eigenvalue weighted by molar-refractivity contribution is 5.15. The molecule has 0 amide bonds. The number of aromatic amines is 1. The first-order chi connectivity index (χ1) is 6.26. The van der Waals surface area contributed by atoms with Crippen LogP contribution in [0.15, 0.2) is 24.3 Å². The summed E-state index contributed by atoms with van der Waals surface area (Å²) in [6.07, 6.45) is 5.76. The summed E-state index contributed by atoms with van der Waals surface area (Å²) in [4.78, 5) is 4.22. The summed E-state index contributed by atoms with van der Waals surface area (Å²) < 4.78 is 0. The standard InChI is InChI=1S/C10H15N3/c1-4-9(5-2)6-7-10-11-8(3)12-13-10/h4-5H,1,6-7H2,2-3H3,(H,11,12,13). The van der Waals surface area contributed by atoms with Crippen LogP contribution in [-0.2, 0) is 6.42 Å². The Balaban J connectivity index is 2.47. The van der Waals surface area contributed by atoms with Crippen LogP contribution in [0, 0.1) is 6.92 Å². The van der Waals surface area contributed by atoms with Gasteiger partial charge in [-0.2, -0.15) is 5.10 Å². The molecule has 0 aliphatic heterocycles. The fourth-order valence-electron chi connectivity index (χ4n) is 1.12. The van der Waals surface area contributed by atoms with Gasteiger partial charge in [0.25, 0.3) is 0 Å². The molecule has 0 unspecified atom stereocenters. The second-order valence-electron chi connectivity index (χ2n) is 2.90. The van der Waals surface area contributed by atoms with Crippen LogP contribution in [0.2, 0.25) is 0 Å². The number of hydrogen-bond donors (Lipinski definition) is 1. The lowest BCUT2D eigenvalue weighted by molar-refractivity contribution is 0.867. The highest BCUT2D eigenvalue weighted by Gasteiger charge is 1.99. The molecule has 0 bridgehead atoms. The summed E-state index contributed by atoms with van der Waals surface area (Å²) in [5, 5.41) is 6.88. The van der Waals surface area contributed by atoms with Gasteiger partial charge in [-0.05, 0) is 20.3 Å². The van der Waals surface area contributed by atoms with Gasteiger partial charge in [-0.15, -0.1) is 0 Å². The van der Waals surface area contributed by atoms with Crippen molar-refractivity contribution in [2.75, 3.05) is 0 Å². The molecule has 0 aliphatic carbocycles. The van der Waals surface area contributed by atoms with E-state index in [2.05, 4.69) is 27.8 Å². The number of allylic oxidation sites excluding steroid dienone is 3. The van der Waals surface area contributed by atoms with Crippen molar-refractivity contribution in [1.29, 1.82) is 0 Å². The van der Waals surface area contributed by atoms with E-state index in [1.54, 1.807) is 0 Å². The molecular weight excluding hydrogens is 162 g/mol. The zero-order chi connectivity index (χ0) is 9.68. The molecule has 3 heteroatoms. The van der Waals surface area contributed by atoms with Crippen LogP contribution >= 0.6 is 0 Å². The largest absolute Gasteiger partial charge is 0.263 e. The first-order valence-electron chi connectivity index (χ1n) is 4.41. The van der Waals surface area contributed by atoms with Gasteiger partial charge in [0.1, 0.15) is 5.82 Å². The van der Waals surface area contributed by atoms with Crippen molar-refractivity contribution in [3.05, 3.63) is 36.0 Å². The minimum absolute atomic E-state index is 0.871. The molecule has 1 aromatic rings. The van der Waals surface area contributed by atoms with Gasteiger partial charge in [-0.1, -0.05) is 24.3 Å². The van der Waals surface area contributed by atoms with Gasteiger partial charge < -0.3 is 0 Å². The third-order valence-electron chi connectivity index (χ3n) is 1.91. The normalized spacial score (nSPS) is 11.7. The Morgan fingerprint density at radius 1 is 1.62 bits per heavy atom. The monoisotopic (exact) mass is 177 g/mol. The molecule has 0 atom stereocenters. The quantitative estimate of drug-likeness (QED) is 0.716. The van der Waals surface area contributed by atoms with Crippen LogP contribution in [0.4, 0.5) is 0 Å². The minimum atomic E-state index is 0.871. The maximum Gasteiger partial charge on any atom is 0.151 e. The minimum Gasteiger partial charge on any atom is -0.263 e. The first kappa shape index (κ1) is 9.71. The van der Waals surface area contributed by atoms with Crippen molar-refractivity contribution in [2.24, 2.45) is 0 Å². The fourth-order valence-corrected chi connectivity index (χ4v) is 1.12. The SMILES string of the molecule is C=CC(=CC)CCc1n[nH]c(C)n1. The molecule has 3 nitrogen and oxygen atoms in total. The second-order valence-corrected chi connectivity index (χ2v) is 2.90. The van der Waals surface area contributed by atoms with Crippen LogP contribution in [0.5, 0.6) is 0 Å². The molecule has 1 heterocycles. The summed E-state index contributed by atoms with van der Waals surface area (Å²) in [6, 6.07) is 0. The van der Waals surface area contributed by atoms with Gasteiger partial charge in [0.05, 0.1) is 0 Å². The van der Waals surface area contributed by atoms with Crippen molar-refractivity contribution in [1.82, 2.24) is 15.2 Å². The highest BCUT2D eigenvalue weighted by Crippen LogP contribution is 2.06. The Labute approximate surface area is 78.6 Å². The van der Waals surface area contributed by atoms with E-state index in [1.165, 1.54) is 5.57 Å². The van der Waals surface area contributed by atoms with Crippen molar-refractivity contribution in [3.8, 4) is 0 Å². The second kappa shape index (κ2) is 4.60. The average molecular weight is 177 g/mol. The Bertz CT molecular complexity index is 310. The van der Waals surface area contributed by atoms with E-state index >= 15 is 0 Å². The van der Waals surface area contributed by atoms with Gasteiger partial charge in [-0.3, -0.25) is 5.10 Å². The number of aromatic nitrogens is 3. The van der Waals surface area contributed by atoms with Gasteiger partial charge in [0.15, 0.2) is 5.82 Å². The van der Waals surface area contributed by atoms with Crippen LogP contribution in [-0.4, -0.2) is 15.2 Å². The Hall–Kier alpha value is -1.38. The average Bonchev–Trinajstić information content (AvgIpc) is 2.53. The van der Waals surface area contributed by atoms with Crippen LogP contribution in [0.25, 0.3) is 0 Å². The lowest BCUT2D eigenvalue weighted by Gasteiger charge is -1.96. The topological polar surface area (TPSA) is 41.6 Å². The Morgan fingerprint density at radius 3 is 2.85 bits per heavy atom. The van der Waals surface area contributed by atoms with E-state index in [0.717, 1.165) is 24.5 Å². The van der Waals surface area contributed by atoms with Crippen molar-refractivity contribution < 1.29 is 0 Å². The zero-order valence-corrected chi connectivity index (χ0v) is 8.17. The number of H-pyrrole nitrogens is 1. The predicted octanol–water partition coefficient (Wildman–Crippen LogP) is 2.18. The summed E-state index contributed by atoms with van der Waals surface area (Å²) in [7, 11) is 0. The molecular formula is C10H15N3. The molecule has 0 fully saturated rings. The maximum absolute atomic E-state index is 4.22. The summed E-state index contributed by atoms with van der Waals surface area (Å²) in [6.45, 7) is 7.65. The molecule has 0 aromatic carbocycles. The van der Waals surface area contributed by atoms with Gasteiger partial charge in [-0.25, -0.2) is 4.98 Å². The number of aryl methyl sites for hydroxylation is 2. The lowest BCUT2D eigenvalue weighted by Crippen LogP contribution is -1.89.